The van der Waals surface area contributed by atoms with Crippen molar-refractivity contribution >= 4 is 0 Å². The van der Waals surface area contributed by atoms with Crippen molar-refractivity contribution in [2.45, 2.75) is 45.1 Å². The van der Waals surface area contributed by atoms with Crippen molar-refractivity contribution < 1.29 is 8.78 Å². The second kappa shape index (κ2) is 5.80. The van der Waals surface area contributed by atoms with E-state index in [0.717, 1.165) is 36.8 Å². The SMILES string of the molecule is CCCNC(Cc1ccc(F)c(F)c1)C1CC2CC2C1. The molecule has 0 spiro atoms. The molecule has 1 N–H and O–H groups in total. The van der Waals surface area contributed by atoms with E-state index in [1.807, 2.05) is 0 Å². The summed E-state index contributed by atoms with van der Waals surface area (Å²) in [6.45, 7) is 3.16. The van der Waals surface area contributed by atoms with E-state index >= 15 is 0 Å². The number of halogens is 2. The summed E-state index contributed by atoms with van der Waals surface area (Å²) in [5.41, 5.74) is 0.901. The van der Waals surface area contributed by atoms with E-state index in [-0.39, 0.29) is 0 Å². The predicted octanol–water partition coefficient (Wildman–Crippen LogP) is 3.92. The van der Waals surface area contributed by atoms with Crippen molar-refractivity contribution in [3.63, 3.8) is 0 Å². The van der Waals surface area contributed by atoms with Crippen LogP contribution >= 0.6 is 0 Å². The Morgan fingerprint density at radius 2 is 1.90 bits per heavy atom. The van der Waals surface area contributed by atoms with E-state index in [0.29, 0.717) is 12.0 Å². The van der Waals surface area contributed by atoms with Gasteiger partial charge in [0.05, 0.1) is 0 Å². The summed E-state index contributed by atoms with van der Waals surface area (Å²) < 4.78 is 26.3. The van der Waals surface area contributed by atoms with E-state index in [4.69, 9.17) is 0 Å². The molecule has 0 saturated heterocycles. The highest BCUT2D eigenvalue weighted by Gasteiger charge is 2.47. The second-order valence-corrected chi connectivity index (χ2v) is 6.50. The average molecular weight is 279 g/mol. The Morgan fingerprint density at radius 3 is 2.55 bits per heavy atom. The van der Waals surface area contributed by atoms with Crippen molar-refractivity contribution in [3.05, 3.63) is 35.4 Å². The molecule has 1 nitrogen and oxygen atoms in total. The molecule has 0 amide bonds. The van der Waals surface area contributed by atoms with Crippen LogP contribution < -0.4 is 5.32 Å². The zero-order valence-corrected chi connectivity index (χ0v) is 12.0. The van der Waals surface area contributed by atoms with Gasteiger partial charge in [-0.05, 0) is 74.1 Å². The van der Waals surface area contributed by atoms with Gasteiger partial charge in [0.15, 0.2) is 11.6 Å². The molecule has 3 heteroatoms. The maximum atomic E-state index is 13.3. The third-order valence-corrected chi connectivity index (χ3v) is 4.95. The van der Waals surface area contributed by atoms with Crippen molar-refractivity contribution in [3.8, 4) is 0 Å². The van der Waals surface area contributed by atoms with Crippen LogP contribution in [0.2, 0.25) is 0 Å². The number of rotatable bonds is 6. The minimum Gasteiger partial charge on any atom is -0.313 e. The number of benzene rings is 1. The largest absolute Gasteiger partial charge is 0.313 e. The topological polar surface area (TPSA) is 12.0 Å². The van der Waals surface area contributed by atoms with Gasteiger partial charge in [-0.15, -0.1) is 0 Å². The minimum absolute atomic E-state index is 0.410. The quantitative estimate of drug-likeness (QED) is 0.832. The lowest BCUT2D eigenvalue weighted by molar-refractivity contribution is 0.332. The number of hydrogen-bond donors (Lipinski definition) is 1. The standard InChI is InChI=1S/C17H23F2N/c1-2-5-20-17(14-9-12-8-13(12)10-14)7-11-3-4-15(18)16(19)6-11/h3-4,6,12-14,17,20H,2,5,7-10H2,1H3. The predicted molar refractivity (Wildman–Crippen MR) is 76.5 cm³/mol. The fraction of sp³-hybridized carbons (Fsp3) is 0.647. The summed E-state index contributed by atoms with van der Waals surface area (Å²) in [6.07, 6.45) is 5.96. The van der Waals surface area contributed by atoms with E-state index in [2.05, 4.69) is 12.2 Å². The number of fused-ring (bicyclic) bond motifs is 1. The summed E-state index contributed by atoms with van der Waals surface area (Å²) in [6, 6.07) is 4.72. The molecule has 0 aromatic heterocycles. The summed E-state index contributed by atoms with van der Waals surface area (Å²) >= 11 is 0. The highest BCUT2D eigenvalue weighted by molar-refractivity contribution is 5.19. The van der Waals surface area contributed by atoms with Crippen LogP contribution in [0.4, 0.5) is 8.78 Å². The van der Waals surface area contributed by atoms with Gasteiger partial charge in [0, 0.05) is 6.04 Å². The third kappa shape index (κ3) is 3.03. The Balaban J connectivity index is 1.66. The van der Waals surface area contributed by atoms with Crippen LogP contribution in [-0.4, -0.2) is 12.6 Å². The van der Waals surface area contributed by atoms with Crippen molar-refractivity contribution in [1.29, 1.82) is 0 Å². The van der Waals surface area contributed by atoms with Crippen molar-refractivity contribution in [1.82, 2.24) is 5.32 Å². The lowest BCUT2D eigenvalue weighted by atomic mass is 9.89. The van der Waals surface area contributed by atoms with Crippen LogP contribution in [0.5, 0.6) is 0 Å². The Morgan fingerprint density at radius 1 is 1.15 bits per heavy atom. The molecule has 110 valence electrons. The van der Waals surface area contributed by atoms with E-state index in [1.165, 1.54) is 31.4 Å². The molecule has 2 aliphatic rings. The molecule has 20 heavy (non-hydrogen) atoms. The van der Waals surface area contributed by atoms with E-state index in [1.54, 1.807) is 6.07 Å². The first kappa shape index (κ1) is 14.0. The zero-order valence-electron chi connectivity index (χ0n) is 12.0. The molecule has 3 atom stereocenters. The van der Waals surface area contributed by atoms with Gasteiger partial charge in [0.2, 0.25) is 0 Å². The average Bonchev–Trinajstić information content (AvgIpc) is 3.05. The van der Waals surface area contributed by atoms with Crippen LogP contribution in [0, 0.1) is 29.4 Å². The van der Waals surface area contributed by atoms with Gasteiger partial charge >= 0.3 is 0 Å². The van der Waals surface area contributed by atoms with Gasteiger partial charge in [-0.25, -0.2) is 8.78 Å². The lowest BCUT2D eigenvalue weighted by Crippen LogP contribution is -2.38. The molecule has 0 heterocycles. The second-order valence-electron chi connectivity index (χ2n) is 6.50. The van der Waals surface area contributed by atoms with Gasteiger partial charge in [-0.2, -0.15) is 0 Å². The van der Waals surface area contributed by atoms with Crippen LogP contribution in [0.1, 0.15) is 38.2 Å². The third-order valence-electron chi connectivity index (χ3n) is 4.95. The van der Waals surface area contributed by atoms with Gasteiger partial charge in [-0.3, -0.25) is 0 Å². The smallest absolute Gasteiger partial charge is 0.159 e. The first-order valence-corrected chi connectivity index (χ1v) is 7.84. The Kier molecular flexibility index (Phi) is 4.06. The lowest BCUT2D eigenvalue weighted by Gasteiger charge is -2.26. The monoisotopic (exact) mass is 279 g/mol. The number of nitrogens with one attached hydrogen (secondary N) is 1. The molecule has 2 saturated carbocycles. The maximum Gasteiger partial charge on any atom is 0.159 e. The summed E-state index contributed by atoms with van der Waals surface area (Å²) in [5.74, 6) is 1.13. The number of hydrogen-bond acceptors (Lipinski definition) is 1. The highest BCUT2D eigenvalue weighted by atomic mass is 19.2. The molecule has 3 rings (SSSR count). The van der Waals surface area contributed by atoms with E-state index in [9.17, 15) is 8.78 Å². The summed E-state index contributed by atoms with van der Waals surface area (Å²) in [4.78, 5) is 0. The molecule has 0 radical (unpaired) electrons. The normalized spacial score (nSPS) is 29.2. The summed E-state index contributed by atoms with van der Waals surface area (Å²) in [5, 5.41) is 3.62. The first-order chi connectivity index (χ1) is 9.67. The molecule has 1 aromatic rings. The summed E-state index contributed by atoms with van der Waals surface area (Å²) in [7, 11) is 0. The molecular formula is C17H23F2N. The molecule has 3 unspecified atom stereocenters. The highest BCUT2D eigenvalue weighted by Crippen LogP contribution is 2.55. The van der Waals surface area contributed by atoms with E-state index < -0.39 is 11.6 Å². The zero-order chi connectivity index (χ0) is 14.1. The Labute approximate surface area is 119 Å². The minimum atomic E-state index is -0.756. The Bertz CT molecular complexity index is 464. The molecule has 2 aliphatic carbocycles. The molecule has 1 aromatic carbocycles. The fourth-order valence-corrected chi connectivity index (χ4v) is 3.75. The van der Waals surface area contributed by atoms with Gasteiger partial charge < -0.3 is 5.32 Å². The maximum absolute atomic E-state index is 13.3. The first-order valence-electron chi connectivity index (χ1n) is 7.84. The van der Waals surface area contributed by atoms with Crippen LogP contribution in [0.3, 0.4) is 0 Å². The van der Waals surface area contributed by atoms with Crippen LogP contribution in [-0.2, 0) is 6.42 Å². The molecule has 0 bridgehead atoms. The van der Waals surface area contributed by atoms with Crippen LogP contribution in [0.25, 0.3) is 0 Å². The van der Waals surface area contributed by atoms with Gasteiger partial charge in [0.1, 0.15) is 0 Å². The van der Waals surface area contributed by atoms with Crippen LogP contribution in [0.15, 0.2) is 18.2 Å². The van der Waals surface area contributed by atoms with Crippen molar-refractivity contribution in [2.24, 2.45) is 17.8 Å². The fourth-order valence-electron chi connectivity index (χ4n) is 3.75. The molecule has 2 fully saturated rings. The van der Waals surface area contributed by atoms with Crippen molar-refractivity contribution in [2.75, 3.05) is 6.54 Å². The molecule has 0 aliphatic heterocycles. The van der Waals surface area contributed by atoms with Gasteiger partial charge in [-0.1, -0.05) is 13.0 Å². The molecular weight excluding hydrogens is 256 g/mol. The van der Waals surface area contributed by atoms with Gasteiger partial charge in [0.25, 0.3) is 0 Å². The Hall–Kier alpha value is -0.960.